The number of hydrogen-bond acceptors (Lipinski definition) is 8. The molecule has 32 heavy (non-hydrogen) atoms. The smallest absolute Gasteiger partial charge is 0.265 e. The van der Waals surface area contributed by atoms with Crippen LogP contribution in [0.5, 0.6) is 0 Å². The van der Waals surface area contributed by atoms with Gasteiger partial charge in [-0.3, -0.25) is 25.4 Å². The summed E-state index contributed by atoms with van der Waals surface area (Å²) < 4.78 is 0. The molecule has 0 bridgehead atoms. The Morgan fingerprint density at radius 1 is 0.906 bits per heavy atom. The molecule has 0 spiro atoms. The monoisotopic (exact) mass is 468 g/mol. The minimum absolute atomic E-state index is 0.215. The molecule has 2 amide bonds. The van der Waals surface area contributed by atoms with Crippen LogP contribution in [0.2, 0.25) is 0 Å². The van der Waals surface area contributed by atoms with E-state index in [1.165, 1.54) is 22.7 Å². The third-order valence-electron chi connectivity index (χ3n) is 4.43. The zero-order valence-corrected chi connectivity index (χ0v) is 19.5. The van der Waals surface area contributed by atoms with Crippen molar-refractivity contribution in [2.75, 3.05) is 23.1 Å². The van der Waals surface area contributed by atoms with Gasteiger partial charge in [-0.15, -0.1) is 22.7 Å². The highest BCUT2D eigenvalue weighted by Gasteiger charge is 2.14. The van der Waals surface area contributed by atoms with Crippen LogP contribution in [0.3, 0.4) is 0 Å². The molecule has 2 heterocycles. The number of nitrogens with zero attached hydrogens (tertiary/aromatic N) is 1. The predicted octanol–water partition coefficient (Wildman–Crippen LogP) is 4.51. The lowest BCUT2D eigenvalue weighted by molar-refractivity contribution is 0.102. The van der Waals surface area contributed by atoms with Crippen molar-refractivity contribution in [1.29, 1.82) is 0 Å². The molecule has 0 saturated heterocycles. The summed E-state index contributed by atoms with van der Waals surface area (Å²) >= 11 is 2.70. The molecule has 0 aliphatic heterocycles. The van der Waals surface area contributed by atoms with Gasteiger partial charge in [0.1, 0.15) is 0 Å². The number of benzene rings is 1. The van der Waals surface area contributed by atoms with Crippen molar-refractivity contribution in [2.24, 2.45) is 10.7 Å². The summed E-state index contributed by atoms with van der Waals surface area (Å²) in [6, 6.07) is 12.3. The van der Waals surface area contributed by atoms with Crippen LogP contribution in [0, 0.1) is 0 Å². The van der Waals surface area contributed by atoms with Crippen LogP contribution in [0.1, 0.15) is 33.2 Å². The van der Waals surface area contributed by atoms with Gasteiger partial charge in [-0.1, -0.05) is 12.1 Å². The molecule has 0 atom stereocenters. The zero-order chi connectivity index (χ0) is 23.1. The van der Waals surface area contributed by atoms with Crippen LogP contribution < -0.4 is 27.2 Å². The molecule has 3 rings (SSSR count). The Morgan fingerprint density at radius 2 is 1.53 bits per heavy atom. The van der Waals surface area contributed by atoms with Gasteiger partial charge in [-0.05, 0) is 54.9 Å². The Hall–Kier alpha value is -3.63. The molecule has 0 radical (unpaired) electrons. The van der Waals surface area contributed by atoms with E-state index >= 15 is 0 Å². The molecule has 2 aromatic heterocycles. The third kappa shape index (κ3) is 5.74. The lowest BCUT2D eigenvalue weighted by atomic mass is 10.2. The van der Waals surface area contributed by atoms with Crippen molar-refractivity contribution < 1.29 is 9.59 Å². The van der Waals surface area contributed by atoms with Crippen molar-refractivity contribution >= 4 is 57.3 Å². The number of amides is 2. The Morgan fingerprint density at radius 3 is 2.06 bits per heavy atom. The van der Waals surface area contributed by atoms with Gasteiger partial charge < -0.3 is 16.4 Å². The Labute approximate surface area is 194 Å². The van der Waals surface area contributed by atoms with Gasteiger partial charge in [0, 0.05) is 18.4 Å². The number of anilines is 3. The van der Waals surface area contributed by atoms with Crippen LogP contribution >= 0.6 is 22.7 Å². The number of nitrogens with one attached hydrogen (secondary N) is 4. The molecule has 0 aliphatic rings. The predicted molar refractivity (Wildman–Crippen MR) is 134 cm³/mol. The molecular weight excluding hydrogens is 444 g/mol. The normalized spacial score (nSPS) is 12.0. The molecule has 10 heteroatoms. The van der Waals surface area contributed by atoms with E-state index in [4.69, 9.17) is 5.73 Å². The van der Waals surface area contributed by atoms with Crippen LogP contribution in [0.15, 0.2) is 69.6 Å². The topological polar surface area (TPSA) is 121 Å². The first kappa shape index (κ1) is 23.0. The summed E-state index contributed by atoms with van der Waals surface area (Å²) in [6.45, 7) is 3.60. The van der Waals surface area contributed by atoms with E-state index in [0.717, 1.165) is 5.71 Å². The van der Waals surface area contributed by atoms with Crippen molar-refractivity contribution in [3.8, 4) is 0 Å². The number of nitrogens with two attached hydrogens (primary N) is 1. The number of aliphatic imine (C=N–C) groups is 1. The van der Waals surface area contributed by atoms with Crippen LogP contribution in [-0.2, 0) is 0 Å². The maximum absolute atomic E-state index is 12.7. The van der Waals surface area contributed by atoms with Gasteiger partial charge in [0.15, 0.2) is 0 Å². The standard InChI is InChI=1S/C22H24N6O2S2/c1-13(23)20(14(2)24-3)28-27-16-9-8-15(25-21(29)18-6-4-10-31-18)12-17(16)26-22(30)19-7-5-11-32-19/h4-12,27-28H,23H2,1-3H3,(H,25,29)(H,26,30). The van der Waals surface area contributed by atoms with Crippen molar-refractivity contribution in [3.63, 3.8) is 0 Å². The van der Waals surface area contributed by atoms with E-state index in [1.54, 1.807) is 44.3 Å². The fourth-order valence-corrected chi connectivity index (χ4v) is 3.98. The minimum atomic E-state index is -0.248. The number of rotatable bonds is 8. The first-order valence-electron chi connectivity index (χ1n) is 9.65. The first-order valence-corrected chi connectivity index (χ1v) is 11.4. The number of hydrazine groups is 1. The van der Waals surface area contributed by atoms with Crippen molar-refractivity contribution in [1.82, 2.24) is 5.43 Å². The van der Waals surface area contributed by atoms with E-state index in [0.29, 0.717) is 38.2 Å². The van der Waals surface area contributed by atoms with Gasteiger partial charge in [-0.25, -0.2) is 0 Å². The summed E-state index contributed by atoms with van der Waals surface area (Å²) in [7, 11) is 1.68. The highest BCUT2D eigenvalue weighted by molar-refractivity contribution is 7.12. The highest BCUT2D eigenvalue weighted by atomic mass is 32.1. The quantitative estimate of drug-likeness (QED) is 0.246. The SMILES string of the molecule is CN=C(C)C(NNc1ccc(NC(=O)c2cccs2)cc1NC(=O)c1cccs1)=C(C)N. The van der Waals surface area contributed by atoms with Gasteiger partial charge in [-0.2, -0.15) is 0 Å². The second kappa shape index (κ2) is 10.6. The molecule has 0 unspecified atom stereocenters. The van der Waals surface area contributed by atoms with Crippen molar-refractivity contribution in [3.05, 3.63) is 74.4 Å². The average molecular weight is 469 g/mol. The number of hydrogen-bond donors (Lipinski definition) is 5. The lowest BCUT2D eigenvalue weighted by Gasteiger charge is -2.18. The third-order valence-corrected chi connectivity index (χ3v) is 6.17. The molecule has 1 aromatic carbocycles. The van der Waals surface area contributed by atoms with Gasteiger partial charge in [0.05, 0.1) is 32.5 Å². The molecule has 0 aliphatic carbocycles. The average Bonchev–Trinajstić information content (AvgIpc) is 3.49. The van der Waals surface area contributed by atoms with E-state index in [-0.39, 0.29) is 11.8 Å². The zero-order valence-electron chi connectivity index (χ0n) is 17.9. The van der Waals surface area contributed by atoms with Crippen molar-refractivity contribution in [2.45, 2.75) is 13.8 Å². The fourth-order valence-electron chi connectivity index (χ4n) is 2.74. The summed E-state index contributed by atoms with van der Waals surface area (Å²) in [5.41, 5.74) is 15.6. The van der Waals surface area contributed by atoms with E-state index in [1.807, 2.05) is 29.8 Å². The molecule has 8 nitrogen and oxygen atoms in total. The minimum Gasteiger partial charge on any atom is -0.400 e. The Kier molecular flexibility index (Phi) is 7.63. The van der Waals surface area contributed by atoms with Gasteiger partial charge in [0.2, 0.25) is 0 Å². The van der Waals surface area contributed by atoms with Crippen LogP contribution in [-0.4, -0.2) is 24.6 Å². The van der Waals surface area contributed by atoms with Crippen LogP contribution in [0.4, 0.5) is 17.1 Å². The summed E-state index contributed by atoms with van der Waals surface area (Å²) in [4.78, 5) is 30.4. The van der Waals surface area contributed by atoms with Gasteiger partial charge in [0.25, 0.3) is 11.8 Å². The largest absolute Gasteiger partial charge is 0.400 e. The lowest BCUT2D eigenvalue weighted by Crippen LogP contribution is -2.28. The van der Waals surface area contributed by atoms with E-state index in [2.05, 4.69) is 26.5 Å². The van der Waals surface area contributed by atoms with Crippen LogP contribution in [0.25, 0.3) is 0 Å². The molecule has 6 N–H and O–H groups in total. The maximum Gasteiger partial charge on any atom is 0.265 e. The summed E-state index contributed by atoms with van der Waals surface area (Å²) in [5.74, 6) is -0.463. The summed E-state index contributed by atoms with van der Waals surface area (Å²) in [6.07, 6.45) is 0. The molecule has 3 aromatic rings. The Balaban J connectivity index is 1.86. The summed E-state index contributed by atoms with van der Waals surface area (Å²) in [5, 5.41) is 9.43. The molecule has 0 fully saturated rings. The Bertz CT molecular complexity index is 1150. The molecule has 166 valence electrons. The molecule has 0 saturated carbocycles. The number of carbonyl (C=O) groups excluding carboxylic acids is 2. The van der Waals surface area contributed by atoms with E-state index in [9.17, 15) is 9.59 Å². The number of allylic oxidation sites excluding steroid dienone is 2. The molecular formula is C22H24N6O2S2. The number of carbonyl (C=O) groups is 2. The van der Waals surface area contributed by atoms with E-state index < -0.39 is 0 Å². The van der Waals surface area contributed by atoms with Gasteiger partial charge >= 0.3 is 0 Å². The number of thiophene rings is 2. The first-order chi connectivity index (χ1) is 15.4. The highest BCUT2D eigenvalue weighted by Crippen LogP contribution is 2.27. The second-order valence-corrected chi connectivity index (χ2v) is 8.64. The fraction of sp³-hybridized carbons (Fsp3) is 0.136. The second-order valence-electron chi connectivity index (χ2n) is 6.74. The maximum atomic E-state index is 12.7.